The Kier molecular flexibility index (Phi) is 5.94. The number of aromatic nitrogens is 2. The van der Waals surface area contributed by atoms with Gasteiger partial charge in [-0.05, 0) is 12.1 Å². The van der Waals surface area contributed by atoms with Crippen molar-refractivity contribution in [3.63, 3.8) is 0 Å². The second-order valence-corrected chi connectivity index (χ2v) is 5.73. The highest BCUT2D eigenvalue weighted by atomic mass is 19.1. The number of hydrogen-bond donors (Lipinski definition) is 2. The summed E-state index contributed by atoms with van der Waals surface area (Å²) >= 11 is 0. The number of rotatable bonds is 7. The number of amides is 1. The topological polar surface area (TPSA) is 76.1 Å². The standard InChI is InChI=1S/C20H19FN4O2/c1-27-18-9-5-3-7-15(18)12-22-19-10-17(24-13-25-19)20(26)23-11-14-6-2-4-8-16(14)21/h2-10,13H,11-12H2,1H3,(H,23,26)(H,22,24,25). The van der Waals surface area contributed by atoms with Crippen LogP contribution in [0.3, 0.4) is 0 Å². The second-order valence-electron chi connectivity index (χ2n) is 5.73. The molecule has 1 aromatic heterocycles. The van der Waals surface area contributed by atoms with E-state index in [1.54, 1.807) is 31.4 Å². The Hall–Kier alpha value is -3.48. The maximum Gasteiger partial charge on any atom is 0.270 e. The van der Waals surface area contributed by atoms with Crippen molar-refractivity contribution in [3.8, 4) is 5.75 Å². The Morgan fingerprint density at radius 3 is 2.56 bits per heavy atom. The molecule has 0 aliphatic heterocycles. The zero-order valence-corrected chi connectivity index (χ0v) is 14.8. The number of hydrogen-bond acceptors (Lipinski definition) is 5. The van der Waals surface area contributed by atoms with Gasteiger partial charge in [-0.25, -0.2) is 14.4 Å². The Morgan fingerprint density at radius 2 is 1.78 bits per heavy atom. The highest BCUT2D eigenvalue weighted by molar-refractivity contribution is 5.92. The minimum Gasteiger partial charge on any atom is -0.496 e. The Bertz CT molecular complexity index is 933. The van der Waals surface area contributed by atoms with Crippen LogP contribution in [0.5, 0.6) is 5.75 Å². The quantitative estimate of drug-likeness (QED) is 0.672. The maximum atomic E-state index is 13.6. The minimum absolute atomic E-state index is 0.0828. The van der Waals surface area contributed by atoms with Gasteiger partial charge in [0.05, 0.1) is 7.11 Å². The normalized spacial score (nSPS) is 10.3. The number of benzene rings is 2. The average Bonchev–Trinajstić information content (AvgIpc) is 2.72. The molecule has 27 heavy (non-hydrogen) atoms. The molecule has 0 atom stereocenters. The van der Waals surface area contributed by atoms with Crippen LogP contribution in [0, 0.1) is 5.82 Å². The van der Waals surface area contributed by atoms with Crippen molar-refractivity contribution in [3.05, 3.63) is 83.6 Å². The molecule has 0 saturated heterocycles. The summed E-state index contributed by atoms with van der Waals surface area (Å²) < 4.78 is 18.9. The summed E-state index contributed by atoms with van der Waals surface area (Å²) in [5, 5.41) is 5.80. The van der Waals surface area contributed by atoms with E-state index in [0.717, 1.165) is 11.3 Å². The van der Waals surface area contributed by atoms with Crippen LogP contribution >= 0.6 is 0 Å². The van der Waals surface area contributed by atoms with Gasteiger partial charge in [0.1, 0.15) is 29.4 Å². The minimum atomic E-state index is -0.402. The predicted octanol–water partition coefficient (Wildman–Crippen LogP) is 3.17. The van der Waals surface area contributed by atoms with Gasteiger partial charge in [0, 0.05) is 30.3 Å². The lowest BCUT2D eigenvalue weighted by Crippen LogP contribution is -2.24. The van der Waals surface area contributed by atoms with E-state index in [2.05, 4.69) is 20.6 Å². The molecule has 3 aromatic rings. The summed E-state index contributed by atoms with van der Waals surface area (Å²) in [5.41, 5.74) is 1.57. The van der Waals surface area contributed by atoms with Crippen molar-refractivity contribution in [2.45, 2.75) is 13.1 Å². The fourth-order valence-electron chi connectivity index (χ4n) is 2.52. The maximum absolute atomic E-state index is 13.6. The van der Waals surface area contributed by atoms with Gasteiger partial charge in [-0.15, -0.1) is 0 Å². The molecule has 2 N–H and O–H groups in total. The predicted molar refractivity (Wildman–Crippen MR) is 99.9 cm³/mol. The van der Waals surface area contributed by atoms with Gasteiger partial charge in [-0.1, -0.05) is 36.4 Å². The first kappa shape index (κ1) is 18.3. The number of nitrogens with one attached hydrogen (secondary N) is 2. The number of carbonyl (C=O) groups is 1. The number of methoxy groups -OCH3 is 1. The van der Waals surface area contributed by atoms with Crippen LogP contribution < -0.4 is 15.4 Å². The SMILES string of the molecule is COc1ccccc1CNc1cc(C(=O)NCc2ccccc2F)ncn1. The lowest BCUT2D eigenvalue weighted by molar-refractivity contribution is 0.0945. The molecule has 2 aromatic carbocycles. The molecule has 0 aliphatic carbocycles. The van der Waals surface area contributed by atoms with E-state index in [1.165, 1.54) is 12.4 Å². The van der Waals surface area contributed by atoms with Crippen molar-refractivity contribution < 1.29 is 13.9 Å². The number of para-hydroxylation sites is 1. The molecule has 3 rings (SSSR count). The Balaban J connectivity index is 1.62. The Labute approximate surface area is 156 Å². The van der Waals surface area contributed by atoms with Crippen molar-refractivity contribution >= 4 is 11.7 Å². The first-order valence-electron chi connectivity index (χ1n) is 8.37. The number of anilines is 1. The van der Waals surface area contributed by atoms with Gasteiger partial charge < -0.3 is 15.4 Å². The number of carbonyl (C=O) groups excluding carboxylic acids is 1. The molecular weight excluding hydrogens is 347 g/mol. The van der Waals surface area contributed by atoms with E-state index < -0.39 is 5.91 Å². The summed E-state index contributed by atoms with van der Waals surface area (Å²) in [6.45, 7) is 0.566. The highest BCUT2D eigenvalue weighted by Gasteiger charge is 2.10. The summed E-state index contributed by atoms with van der Waals surface area (Å²) in [7, 11) is 1.61. The molecule has 0 bridgehead atoms. The molecule has 6 nitrogen and oxygen atoms in total. The summed E-state index contributed by atoms with van der Waals surface area (Å²) in [6.07, 6.45) is 1.31. The van der Waals surface area contributed by atoms with Crippen molar-refractivity contribution in [2.75, 3.05) is 12.4 Å². The van der Waals surface area contributed by atoms with Crippen LogP contribution in [0.1, 0.15) is 21.6 Å². The fourth-order valence-corrected chi connectivity index (χ4v) is 2.52. The second kappa shape index (κ2) is 8.75. The van der Waals surface area contributed by atoms with Gasteiger partial charge in [0.2, 0.25) is 0 Å². The van der Waals surface area contributed by atoms with E-state index in [9.17, 15) is 9.18 Å². The highest BCUT2D eigenvalue weighted by Crippen LogP contribution is 2.18. The van der Waals surface area contributed by atoms with Crippen molar-refractivity contribution in [1.82, 2.24) is 15.3 Å². The third-order valence-corrected chi connectivity index (χ3v) is 3.95. The first-order valence-corrected chi connectivity index (χ1v) is 8.37. The summed E-state index contributed by atoms with van der Waals surface area (Å²) in [4.78, 5) is 20.4. The van der Waals surface area contributed by atoms with E-state index in [1.807, 2.05) is 24.3 Å². The zero-order chi connectivity index (χ0) is 19.1. The third-order valence-electron chi connectivity index (χ3n) is 3.95. The zero-order valence-electron chi connectivity index (χ0n) is 14.8. The van der Waals surface area contributed by atoms with Crippen LogP contribution in [0.15, 0.2) is 60.9 Å². The molecule has 1 heterocycles. The van der Waals surface area contributed by atoms with Crippen molar-refractivity contribution in [2.24, 2.45) is 0 Å². The Morgan fingerprint density at radius 1 is 1.04 bits per heavy atom. The lowest BCUT2D eigenvalue weighted by atomic mass is 10.2. The van der Waals surface area contributed by atoms with Crippen LogP contribution in [-0.4, -0.2) is 23.0 Å². The van der Waals surface area contributed by atoms with Gasteiger partial charge in [-0.2, -0.15) is 0 Å². The molecular formula is C20H19FN4O2. The average molecular weight is 366 g/mol. The van der Waals surface area contributed by atoms with E-state index in [0.29, 0.717) is 17.9 Å². The van der Waals surface area contributed by atoms with E-state index >= 15 is 0 Å². The van der Waals surface area contributed by atoms with Gasteiger partial charge in [-0.3, -0.25) is 4.79 Å². The van der Waals surface area contributed by atoms with Gasteiger partial charge in [0.15, 0.2) is 0 Å². The molecule has 0 saturated carbocycles. The first-order chi connectivity index (χ1) is 13.2. The van der Waals surface area contributed by atoms with Gasteiger partial charge >= 0.3 is 0 Å². The van der Waals surface area contributed by atoms with Gasteiger partial charge in [0.25, 0.3) is 5.91 Å². The van der Waals surface area contributed by atoms with Crippen LogP contribution in [0.2, 0.25) is 0 Å². The number of ether oxygens (including phenoxy) is 1. The molecule has 0 radical (unpaired) electrons. The summed E-state index contributed by atoms with van der Waals surface area (Å²) in [5.74, 6) is 0.509. The molecule has 138 valence electrons. The van der Waals surface area contributed by atoms with Crippen LogP contribution in [0.25, 0.3) is 0 Å². The lowest BCUT2D eigenvalue weighted by Gasteiger charge is -2.10. The molecule has 0 fully saturated rings. The van der Waals surface area contributed by atoms with E-state index in [-0.39, 0.29) is 18.1 Å². The monoisotopic (exact) mass is 366 g/mol. The fraction of sp³-hybridized carbons (Fsp3) is 0.150. The summed E-state index contributed by atoms with van der Waals surface area (Å²) in [6, 6.07) is 15.5. The number of nitrogens with zero attached hydrogens (tertiary/aromatic N) is 2. The molecule has 0 aliphatic rings. The molecule has 1 amide bonds. The van der Waals surface area contributed by atoms with Crippen LogP contribution in [0.4, 0.5) is 10.2 Å². The molecule has 7 heteroatoms. The largest absolute Gasteiger partial charge is 0.496 e. The molecule has 0 spiro atoms. The van der Waals surface area contributed by atoms with Crippen LogP contribution in [-0.2, 0) is 13.1 Å². The van der Waals surface area contributed by atoms with E-state index in [4.69, 9.17) is 4.74 Å². The number of halogens is 1. The third kappa shape index (κ3) is 4.78. The van der Waals surface area contributed by atoms with Crippen molar-refractivity contribution in [1.29, 1.82) is 0 Å². The molecule has 0 unspecified atom stereocenters. The smallest absolute Gasteiger partial charge is 0.270 e.